The molecule has 0 aliphatic heterocycles. The van der Waals surface area contributed by atoms with E-state index in [2.05, 4.69) is 17.5 Å². The summed E-state index contributed by atoms with van der Waals surface area (Å²) in [6, 6.07) is 13.7. The van der Waals surface area contributed by atoms with Gasteiger partial charge in [0.15, 0.2) is 0 Å². The third-order valence-electron chi connectivity index (χ3n) is 2.71. The number of nitrogens with one attached hydrogen (secondary N) is 1. The number of nitriles is 1. The van der Waals surface area contributed by atoms with Crippen LogP contribution in [0.1, 0.15) is 23.4 Å². The quantitative estimate of drug-likeness (QED) is 0.875. The summed E-state index contributed by atoms with van der Waals surface area (Å²) in [6.45, 7) is 3.31. The molecule has 1 N–H and O–H groups in total. The number of rotatable bonds is 6. The lowest BCUT2D eigenvalue weighted by atomic mass is 10.1. The Bertz CT molecular complexity index is 528. The van der Waals surface area contributed by atoms with Crippen molar-refractivity contribution in [3.63, 3.8) is 0 Å². The molecule has 0 fully saturated rings. The van der Waals surface area contributed by atoms with Crippen molar-refractivity contribution < 1.29 is 4.74 Å². The number of hydrogen-bond donors (Lipinski definition) is 1. The minimum Gasteiger partial charge on any atom is -0.494 e. The minimum absolute atomic E-state index is 0.294. The first kappa shape index (κ1) is 13.6. The van der Waals surface area contributed by atoms with Crippen LogP contribution in [0.15, 0.2) is 41.8 Å². The second-order valence-electron chi connectivity index (χ2n) is 4.02. The number of benzene rings is 1. The van der Waals surface area contributed by atoms with Gasteiger partial charge in [-0.25, -0.2) is 0 Å². The Morgan fingerprint density at radius 1 is 1.32 bits per heavy atom. The van der Waals surface area contributed by atoms with Crippen LogP contribution in [0, 0.1) is 11.3 Å². The topological polar surface area (TPSA) is 45.0 Å². The first-order valence-electron chi connectivity index (χ1n) is 6.21. The number of ether oxygens (including phenoxy) is 1. The van der Waals surface area contributed by atoms with Gasteiger partial charge in [-0.15, -0.1) is 11.3 Å². The van der Waals surface area contributed by atoms with E-state index in [4.69, 9.17) is 4.74 Å². The number of thiophene rings is 1. The van der Waals surface area contributed by atoms with Crippen molar-refractivity contribution in [1.82, 2.24) is 5.32 Å². The zero-order valence-electron chi connectivity index (χ0n) is 10.8. The fourth-order valence-corrected chi connectivity index (χ4v) is 2.43. The molecular weight excluding hydrogens is 256 g/mol. The molecule has 98 valence electrons. The second-order valence-corrected chi connectivity index (χ2v) is 5.06. The van der Waals surface area contributed by atoms with Crippen LogP contribution in [-0.2, 0) is 6.54 Å². The summed E-state index contributed by atoms with van der Waals surface area (Å²) in [4.78, 5) is 1.23. The average Bonchev–Trinajstić information content (AvgIpc) is 2.95. The van der Waals surface area contributed by atoms with Gasteiger partial charge in [0.05, 0.1) is 12.7 Å². The van der Waals surface area contributed by atoms with Crippen LogP contribution in [-0.4, -0.2) is 6.61 Å². The molecular formula is C15H16N2OS. The molecule has 0 aliphatic rings. The standard InChI is InChI=1S/C15H16N2OS/c1-2-18-13-7-5-12(6-8-13)15(10-16)17-11-14-4-3-9-19-14/h3-9,15,17H,2,11H2,1H3. The monoisotopic (exact) mass is 272 g/mol. The molecule has 1 aromatic heterocycles. The summed E-state index contributed by atoms with van der Waals surface area (Å²) in [5.74, 6) is 0.834. The highest BCUT2D eigenvalue weighted by atomic mass is 32.1. The van der Waals surface area contributed by atoms with Gasteiger partial charge in [-0.2, -0.15) is 5.26 Å². The smallest absolute Gasteiger partial charge is 0.121 e. The van der Waals surface area contributed by atoms with E-state index in [0.29, 0.717) is 13.2 Å². The number of hydrogen-bond acceptors (Lipinski definition) is 4. The van der Waals surface area contributed by atoms with Gasteiger partial charge in [0, 0.05) is 11.4 Å². The number of nitrogens with zero attached hydrogens (tertiary/aromatic N) is 1. The molecule has 3 nitrogen and oxygen atoms in total. The Hall–Kier alpha value is -1.83. The van der Waals surface area contributed by atoms with Gasteiger partial charge < -0.3 is 4.74 Å². The molecule has 0 aliphatic carbocycles. The van der Waals surface area contributed by atoms with Gasteiger partial charge in [-0.3, -0.25) is 5.32 Å². The Morgan fingerprint density at radius 2 is 2.11 bits per heavy atom. The highest BCUT2D eigenvalue weighted by molar-refractivity contribution is 7.09. The summed E-state index contributed by atoms with van der Waals surface area (Å²) in [5, 5.41) is 14.5. The van der Waals surface area contributed by atoms with Crippen LogP contribution in [0.25, 0.3) is 0 Å². The van der Waals surface area contributed by atoms with Crippen molar-refractivity contribution in [2.45, 2.75) is 19.5 Å². The third kappa shape index (κ3) is 3.82. The first-order valence-corrected chi connectivity index (χ1v) is 7.09. The molecule has 1 aromatic carbocycles. The maximum absolute atomic E-state index is 9.24. The fourth-order valence-electron chi connectivity index (χ4n) is 1.78. The summed E-state index contributed by atoms with van der Waals surface area (Å²) < 4.78 is 5.39. The van der Waals surface area contributed by atoms with Crippen molar-refractivity contribution in [1.29, 1.82) is 5.26 Å². The molecule has 1 unspecified atom stereocenters. The zero-order valence-corrected chi connectivity index (χ0v) is 11.6. The van der Waals surface area contributed by atoms with Gasteiger partial charge in [0.1, 0.15) is 11.8 Å². The molecule has 0 amide bonds. The van der Waals surface area contributed by atoms with E-state index in [1.165, 1.54) is 4.88 Å². The Morgan fingerprint density at radius 3 is 2.68 bits per heavy atom. The van der Waals surface area contributed by atoms with Gasteiger partial charge >= 0.3 is 0 Å². The largest absolute Gasteiger partial charge is 0.494 e. The van der Waals surface area contributed by atoms with Crippen LogP contribution in [0.4, 0.5) is 0 Å². The van der Waals surface area contributed by atoms with E-state index in [1.807, 2.05) is 42.6 Å². The summed E-state index contributed by atoms with van der Waals surface area (Å²) in [6.07, 6.45) is 0. The molecule has 0 bridgehead atoms. The van der Waals surface area contributed by atoms with Crippen LogP contribution < -0.4 is 10.1 Å². The molecule has 4 heteroatoms. The van der Waals surface area contributed by atoms with Gasteiger partial charge in [0.25, 0.3) is 0 Å². The lowest BCUT2D eigenvalue weighted by Crippen LogP contribution is -2.18. The van der Waals surface area contributed by atoms with Crippen molar-refractivity contribution in [3.05, 3.63) is 52.2 Å². The molecule has 0 radical (unpaired) electrons. The lowest BCUT2D eigenvalue weighted by molar-refractivity contribution is 0.340. The molecule has 1 heterocycles. The predicted molar refractivity (Wildman–Crippen MR) is 77.1 cm³/mol. The highest BCUT2D eigenvalue weighted by Gasteiger charge is 2.10. The first-order chi connectivity index (χ1) is 9.33. The fraction of sp³-hybridized carbons (Fsp3) is 0.267. The van der Waals surface area contributed by atoms with Crippen molar-refractivity contribution in [3.8, 4) is 11.8 Å². The van der Waals surface area contributed by atoms with Crippen LogP contribution >= 0.6 is 11.3 Å². The van der Waals surface area contributed by atoms with E-state index >= 15 is 0 Å². The van der Waals surface area contributed by atoms with Crippen molar-refractivity contribution in [2.24, 2.45) is 0 Å². The van der Waals surface area contributed by atoms with E-state index in [-0.39, 0.29) is 6.04 Å². The van der Waals surface area contributed by atoms with Gasteiger partial charge in [-0.1, -0.05) is 18.2 Å². The molecule has 0 saturated heterocycles. The molecule has 2 aromatic rings. The lowest BCUT2D eigenvalue weighted by Gasteiger charge is -2.12. The summed E-state index contributed by atoms with van der Waals surface area (Å²) in [7, 11) is 0. The van der Waals surface area contributed by atoms with E-state index in [1.54, 1.807) is 11.3 Å². The molecule has 0 saturated carbocycles. The van der Waals surface area contributed by atoms with Crippen LogP contribution in [0.3, 0.4) is 0 Å². The third-order valence-corrected chi connectivity index (χ3v) is 3.59. The Balaban J connectivity index is 1.99. The molecule has 1 atom stereocenters. The maximum Gasteiger partial charge on any atom is 0.121 e. The van der Waals surface area contributed by atoms with E-state index < -0.39 is 0 Å². The normalized spacial score (nSPS) is 11.8. The molecule has 2 rings (SSSR count). The molecule has 0 spiro atoms. The van der Waals surface area contributed by atoms with Crippen LogP contribution in [0.2, 0.25) is 0 Å². The molecule has 19 heavy (non-hydrogen) atoms. The van der Waals surface area contributed by atoms with Gasteiger partial charge in [-0.05, 0) is 36.1 Å². The SMILES string of the molecule is CCOc1ccc(C(C#N)NCc2cccs2)cc1. The Kier molecular flexibility index (Phi) is 4.96. The van der Waals surface area contributed by atoms with E-state index in [9.17, 15) is 5.26 Å². The van der Waals surface area contributed by atoms with Crippen molar-refractivity contribution in [2.75, 3.05) is 6.61 Å². The predicted octanol–water partition coefficient (Wildman–Crippen LogP) is 3.50. The summed E-state index contributed by atoms with van der Waals surface area (Å²) in [5.41, 5.74) is 0.961. The minimum atomic E-state index is -0.294. The Labute approximate surface area is 117 Å². The highest BCUT2D eigenvalue weighted by Crippen LogP contribution is 2.18. The van der Waals surface area contributed by atoms with Crippen molar-refractivity contribution >= 4 is 11.3 Å². The maximum atomic E-state index is 9.24. The van der Waals surface area contributed by atoms with Gasteiger partial charge in [0.2, 0.25) is 0 Å². The zero-order chi connectivity index (χ0) is 13.5. The van der Waals surface area contributed by atoms with E-state index in [0.717, 1.165) is 11.3 Å². The average molecular weight is 272 g/mol. The van der Waals surface area contributed by atoms with Crippen LogP contribution in [0.5, 0.6) is 5.75 Å². The summed E-state index contributed by atoms with van der Waals surface area (Å²) >= 11 is 1.69. The second kappa shape index (κ2) is 6.93.